The van der Waals surface area contributed by atoms with Crippen LogP contribution in [0.25, 0.3) is 0 Å². The molecular weight excluding hydrogens is 246 g/mol. The second-order valence-electron chi connectivity index (χ2n) is 6.23. The van der Waals surface area contributed by atoms with Crippen LogP contribution < -0.4 is 5.73 Å². The highest BCUT2D eigenvalue weighted by Gasteiger charge is 2.15. The summed E-state index contributed by atoms with van der Waals surface area (Å²) in [6.45, 7) is 8.39. The number of hydrogen-bond acceptors (Lipinski definition) is 2. The number of anilines is 1. The third-order valence-electron chi connectivity index (χ3n) is 3.55. The molecule has 0 aliphatic rings. The van der Waals surface area contributed by atoms with Crippen LogP contribution in [0.2, 0.25) is 0 Å². The number of benzene rings is 2. The Hall–Kier alpha value is -2.09. The largest absolute Gasteiger partial charge is 0.399 e. The highest BCUT2D eigenvalue weighted by Crippen LogP contribution is 2.23. The minimum Gasteiger partial charge on any atom is -0.399 e. The molecule has 0 amide bonds. The fourth-order valence-corrected chi connectivity index (χ4v) is 2.11. The van der Waals surface area contributed by atoms with Crippen molar-refractivity contribution in [3.05, 3.63) is 64.7 Å². The van der Waals surface area contributed by atoms with Crippen LogP contribution in [0, 0.1) is 6.92 Å². The molecule has 0 bridgehead atoms. The van der Waals surface area contributed by atoms with E-state index in [0.29, 0.717) is 16.8 Å². The van der Waals surface area contributed by atoms with E-state index in [2.05, 4.69) is 20.8 Å². The first-order valence-electron chi connectivity index (χ1n) is 6.80. The van der Waals surface area contributed by atoms with Crippen LogP contribution in [0.4, 0.5) is 5.69 Å². The summed E-state index contributed by atoms with van der Waals surface area (Å²) in [6.07, 6.45) is 0. The number of aryl methyl sites for hydroxylation is 1. The minimum absolute atomic E-state index is 0.0357. The maximum absolute atomic E-state index is 12.4. The molecule has 0 aliphatic carbocycles. The summed E-state index contributed by atoms with van der Waals surface area (Å²) in [5.41, 5.74) is 10.1. The quantitative estimate of drug-likeness (QED) is 0.657. The Morgan fingerprint density at radius 1 is 0.950 bits per heavy atom. The van der Waals surface area contributed by atoms with Crippen molar-refractivity contribution in [2.45, 2.75) is 33.1 Å². The molecule has 2 aromatic rings. The Morgan fingerprint density at radius 3 is 2.00 bits per heavy atom. The zero-order chi connectivity index (χ0) is 14.9. The van der Waals surface area contributed by atoms with Gasteiger partial charge in [0.1, 0.15) is 0 Å². The van der Waals surface area contributed by atoms with Crippen molar-refractivity contribution in [2.24, 2.45) is 0 Å². The van der Waals surface area contributed by atoms with E-state index in [0.717, 1.165) is 5.56 Å². The van der Waals surface area contributed by atoms with Crippen molar-refractivity contribution >= 4 is 11.5 Å². The van der Waals surface area contributed by atoms with Crippen LogP contribution in [0.3, 0.4) is 0 Å². The molecule has 0 saturated carbocycles. The zero-order valence-electron chi connectivity index (χ0n) is 12.5. The van der Waals surface area contributed by atoms with E-state index in [1.54, 1.807) is 12.1 Å². The summed E-state index contributed by atoms with van der Waals surface area (Å²) in [4.78, 5) is 12.4. The first kappa shape index (κ1) is 14.3. The van der Waals surface area contributed by atoms with Crippen LogP contribution in [0.1, 0.15) is 47.8 Å². The van der Waals surface area contributed by atoms with Gasteiger partial charge in [-0.15, -0.1) is 0 Å². The predicted molar refractivity (Wildman–Crippen MR) is 84.2 cm³/mol. The van der Waals surface area contributed by atoms with Gasteiger partial charge in [0.05, 0.1) is 0 Å². The topological polar surface area (TPSA) is 43.1 Å². The maximum Gasteiger partial charge on any atom is 0.193 e. The first-order chi connectivity index (χ1) is 9.29. The summed E-state index contributed by atoms with van der Waals surface area (Å²) in [5.74, 6) is 0.0357. The van der Waals surface area contributed by atoms with Crippen molar-refractivity contribution in [2.75, 3.05) is 5.73 Å². The second-order valence-corrected chi connectivity index (χ2v) is 6.23. The number of rotatable bonds is 2. The lowest BCUT2D eigenvalue weighted by Gasteiger charge is -2.19. The molecule has 2 heteroatoms. The van der Waals surface area contributed by atoms with Crippen LogP contribution in [0.5, 0.6) is 0 Å². The molecule has 0 unspecified atom stereocenters. The number of carbonyl (C=O) groups is 1. The molecule has 0 atom stereocenters. The van der Waals surface area contributed by atoms with E-state index in [1.807, 2.05) is 37.3 Å². The third-order valence-corrected chi connectivity index (χ3v) is 3.55. The van der Waals surface area contributed by atoms with Gasteiger partial charge in [0, 0.05) is 16.8 Å². The molecule has 2 nitrogen and oxygen atoms in total. The highest BCUT2D eigenvalue weighted by molar-refractivity contribution is 6.09. The lowest BCUT2D eigenvalue weighted by atomic mass is 9.86. The number of ketones is 1. The van der Waals surface area contributed by atoms with E-state index in [-0.39, 0.29) is 11.2 Å². The Balaban J connectivity index is 2.31. The Labute approximate surface area is 120 Å². The first-order valence-corrected chi connectivity index (χ1v) is 6.80. The molecule has 0 aliphatic heterocycles. The Bertz CT molecular complexity index is 633. The zero-order valence-corrected chi connectivity index (χ0v) is 12.5. The number of carbonyl (C=O) groups excluding carboxylic acids is 1. The van der Waals surface area contributed by atoms with Crippen LogP contribution in [-0.4, -0.2) is 5.78 Å². The SMILES string of the molecule is Cc1cc(C(=O)c2ccc(C(C)(C)C)cc2)ccc1N. The molecule has 0 saturated heterocycles. The molecule has 2 aromatic carbocycles. The predicted octanol–water partition coefficient (Wildman–Crippen LogP) is 4.11. The lowest BCUT2D eigenvalue weighted by molar-refractivity contribution is 0.103. The Morgan fingerprint density at radius 2 is 1.50 bits per heavy atom. The van der Waals surface area contributed by atoms with Crippen molar-refractivity contribution in [3.63, 3.8) is 0 Å². The van der Waals surface area contributed by atoms with Gasteiger partial charge in [-0.2, -0.15) is 0 Å². The maximum atomic E-state index is 12.4. The average molecular weight is 267 g/mol. The van der Waals surface area contributed by atoms with Crippen molar-refractivity contribution in [3.8, 4) is 0 Å². The summed E-state index contributed by atoms with van der Waals surface area (Å²) < 4.78 is 0. The monoisotopic (exact) mass is 267 g/mol. The molecule has 0 fully saturated rings. The van der Waals surface area contributed by atoms with Gasteiger partial charge in [-0.25, -0.2) is 0 Å². The average Bonchev–Trinajstić information content (AvgIpc) is 2.40. The van der Waals surface area contributed by atoms with E-state index >= 15 is 0 Å². The van der Waals surface area contributed by atoms with Gasteiger partial charge in [0.2, 0.25) is 0 Å². The van der Waals surface area contributed by atoms with Crippen molar-refractivity contribution in [1.29, 1.82) is 0 Å². The summed E-state index contributed by atoms with van der Waals surface area (Å²) in [6, 6.07) is 13.3. The molecule has 104 valence electrons. The van der Waals surface area contributed by atoms with Gasteiger partial charge < -0.3 is 5.73 Å². The van der Waals surface area contributed by atoms with Crippen molar-refractivity contribution < 1.29 is 4.79 Å². The Kier molecular flexibility index (Phi) is 3.67. The lowest BCUT2D eigenvalue weighted by Crippen LogP contribution is -2.11. The molecule has 2 rings (SSSR count). The van der Waals surface area contributed by atoms with E-state index in [9.17, 15) is 4.79 Å². The molecule has 0 aromatic heterocycles. The van der Waals surface area contributed by atoms with Gasteiger partial charge in [-0.05, 0) is 41.7 Å². The molecule has 0 radical (unpaired) electrons. The fraction of sp³-hybridized carbons (Fsp3) is 0.278. The summed E-state index contributed by atoms with van der Waals surface area (Å²) >= 11 is 0. The highest BCUT2D eigenvalue weighted by atomic mass is 16.1. The smallest absolute Gasteiger partial charge is 0.193 e. The van der Waals surface area contributed by atoms with Crippen LogP contribution >= 0.6 is 0 Å². The van der Waals surface area contributed by atoms with Gasteiger partial charge >= 0.3 is 0 Å². The summed E-state index contributed by atoms with van der Waals surface area (Å²) in [7, 11) is 0. The van der Waals surface area contributed by atoms with Crippen LogP contribution in [-0.2, 0) is 5.41 Å². The third kappa shape index (κ3) is 2.90. The second kappa shape index (κ2) is 5.12. The summed E-state index contributed by atoms with van der Waals surface area (Å²) in [5, 5.41) is 0. The van der Waals surface area contributed by atoms with Gasteiger partial charge in [0.25, 0.3) is 0 Å². The molecule has 2 N–H and O–H groups in total. The number of nitrogen functional groups attached to an aromatic ring is 1. The fourth-order valence-electron chi connectivity index (χ4n) is 2.11. The molecule has 0 heterocycles. The van der Waals surface area contributed by atoms with Crippen LogP contribution in [0.15, 0.2) is 42.5 Å². The van der Waals surface area contributed by atoms with E-state index in [1.165, 1.54) is 5.56 Å². The van der Waals surface area contributed by atoms with E-state index in [4.69, 9.17) is 5.73 Å². The number of hydrogen-bond donors (Lipinski definition) is 1. The van der Waals surface area contributed by atoms with E-state index < -0.39 is 0 Å². The van der Waals surface area contributed by atoms with Gasteiger partial charge in [0.15, 0.2) is 5.78 Å². The van der Waals surface area contributed by atoms with Gasteiger partial charge in [-0.3, -0.25) is 4.79 Å². The molecular formula is C18H21NO. The van der Waals surface area contributed by atoms with Crippen molar-refractivity contribution in [1.82, 2.24) is 0 Å². The molecule has 20 heavy (non-hydrogen) atoms. The minimum atomic E-state index is 0.0357. The number of nitrogens with two attached hydrogens (primary N) is 1. The normalized spacial score (nSPS) is 11.4. The molecule has 0 spiro atoms. The standard InChI is InChI=1S/C18H21NO/c1-12-11-14(7-10-16(12)19)17(20)13-5-8-15(9-6-13)18(2,3)4/h5-11H,19H2,1-4H3. The van der Waals surface area contributed by atoms with Gasteiger partial charge in [-0.1, -0.05) is 45.0 Å².